The van der Waals surface area contributed by atoms with Crippen LogP contribution in [0.25, 0.3) is 21.5 Å². The van der Waals surface area contributed by atoms with Gasteiger partial charge in [0.25, 0.3) is 0 Å². The summed E-state index contributed by atoms with van der Waals surface area (Å²) in [6.45, 7) is 2.15. The Morgan fingerprint density at radius 2 is 1.59 bits per heavy atom. The molecule has 0 aromatic heterocycles. The molecule has 3 aromatic carbocycles. The first kappa shape index (κ1) is 11.0. The molecule has 0 aliphatic rings. The van der Waals surface area contributed by atoms with Crippen molar-refractivity contribution >= 4 is 46.8 Å². The minimum Gasteiger partial charge on any atom is -0.142 e. The van der Waals surface area contributed by atoms with E-state index in [0.29, 0.717) is 0 Å². The van der Waals surface area contributed by atoms with E-state index in [1.165, 1.54) is 27.1 Å². The number of hydrogen-bond acceptors (Lipinski definition) is 2. The largest absolute Gasteiger partial charge is 0.142 e. The predicted octanol–water partition coefficient (Wildman–Crippen LogP) is 4.88. The van der Waals surface area contributed by atoms with Gasteiger partial charge in [0.2, 0.25) is 0 Å². The van der Waals surface area contributed by atoms with Gasteiger partial charge in [-0.05, 0) is 34.7 Å². The first-order valence-corrected chi connectivity index (χ1v) is 6.41. The Balaban J connectivity index is 2.66. The predicted molar refractivity (Wildman–Crippen MR) is 80.7 cm³/mol. The van der Waals surface area contributed by atoms with Crippen LogP contribution in [0.1, 0.15) is 5.56 Å². The summed E-state index contributed by atoms with van der Waals surface area (Å²) in [6.07, 6.45) is 0. The second-order valence-corrected chi connectivity index (χ2v) is 5.20. The molecule has 0 N–H and O–H groups in total. The molecule has 0 radical (unpaired) electrons. The van der Waals surface area contributed by atoms with Gasteiger partial charge in [0.05, 0.1) is 0 Å². The second-order valence-electron chi connectivity index (χ2n) is 4.27. The van der Waals surface area contributed by atoms with Crippen LogP contribution in [-0.4, -0.2) is 0 Å². The molecule has 0 aliphatic heterocycles. The quantitative estimate of drug-likeness (QED) is 0.416. The van der Waals surface area contributed by atoms with Gasteiger partial charge in [0.15, 0.2) is 0 Å². The van der Waals surface area contributed by atoms with Crippen molar-refractivity contribution in [2.75, 3.05) is 0 Å². The van der Waals surface area contributed by atoms with E-state index >= 15 is 0 Å². The number of aryl methyl sites for hydroxylation is 1. The van der Waals surface area contributed by atoms with Crippen LogP contribution in [0.5, 0.6) is 0 Å². The second kappa shape index (κ2) is 3.97. The van der Waals surface area contributed by atoms with Gasteiger partial charge in [-0.15, -0.1) is 25.3 Å². The standard InChI is InChI=1S/C15H12S2/c1-9-8-10-6-7-13(16)15(17)14(10)12-5-3-2-4-11(9)12/h2-8,16-17H,1H3. The molecular weight excluding hydrogens is 244 g/mol. The van der Waals surface area contributed by atoms with Crippen LogP contribution >= 0.6 is 25.3 Å². The highest BCUT2D eigenvalue weighted by Crippen LogP contribution is 2.35. The summed E-state index contributed by atoms with van der Waals surface area (Å²) in [6, 6.07) is 14.8. The molecule has 0 atom stereocenters. The first-order chi connectivity index (χ1) is 8.18. The molecule has 84 valence electrons. The van der Waals surface area contributed by atoms with Crippen molar-refractivity contribution in [3.63, 3.8) is 0 Å². The smallest absolute Gasteiger partial charge is 0.0259 e. The van der Waals surface area contributed by atoms with Crippen LogP contribution in [0, 0.1) is 6.92 Å². The number of benzene rings is 3. The van der Waals surface area contributed by atoms with E-state index in [-0.39, 0.29) is 0 Å². The molecule has 0 saturated heterocycles. The van der Waals surface area contributed by atoms with Gasteiger partial charge in [0, 0.05) is 15.2 Å². The third-order valence-electron chi connectivity index (χ3n) is 3.18. The molecule has 0 bridgehead atoms. The van der Waals surface area contributed by atoms with Gasteiger partial charge >= 0.3 is 0 Å². The van der Waals surface area contributed by atoms with Crippen LogP contribution in [0.2, 0.25) is 0 Å². The molecule has 0 unspecified atom stereocenters. The minimum atomic E-state index is 0.926. The number of thiol groups is 2. The summed E-state index contributed by atoms with van der Waals surface area (Å²) in [7, 11) is 0. The van der Waals surface area contributed by atoms with Crippen molar-refractivity contribution in [2.45, 2.75) is 16.7 Å². The monoisotopic (exact) mass is 256 g/mol. The average molecular weight is 256 g/mol. The van der Waals surface area contributed by atoms with Crippen LogP contribution in [0.3, 0.4) is 0 Å². The normalized spacial score (nSPS) is 11.2. The molecule has 0 nitrogen and oxygen atoms in total. The lowest BCUT2D eigenvalue weighted by atomic mass is 9.98. The Hall–Kier alpha value is -1.12. The molecule has 0 aliphatic carbocycles. The lowest BCUT2D eigenvalue weighted by Gasteiger charge is -2.10. The van der Waals surface area contributed by atoms with E-state index in [2.05, 4.69) is 68.6 Å². The van der Waals surface area contributed by atoms with Crippen molar-refractivity contribution in [1.82, 2.24) is 0 Å². The van der Waals surface area contributed by atoms with Gasteiger partial charge in [0.1, 0.15) is 0 Å². The topological polar surface area (TPSA) is 0 Å². The van der Waals surface area contributed by atoms with Gasteiger partial charge in [-0.3, -0.25) is 0 Å². The molecule has 0 spiro atoms. The summed E-state index contributed by atoms with van der Waals surface area (Å²) in [4.78, 5) is 1.89. The van der Waals surface area contributed by atoms with Crippen molar-refractivity contribution in [1.29, 1.82) is 0 Å². The van der Waals surface area contributed by atoms with E-state index in [9.17, 15) is 0 Å². The molecule has 17 heavy (non-hydrogen) atoms. The lowest BCUT2D eigenvalue weighted by molar-refractivity contribution is 1.33. The Morgan fingerprint density at radius 3 is 2.35 bits per heavy atom. The fourth-order valence-electron chi connectivity index (χ4n) is 2.36. The zero-order valence-corrected chi connectivity index (χ0v) is 11.2. The maximum absolute atomic E-state index is 4.60. The number of rotatable bonds is 0. The highest BCUT2D eigenvalue weighted by Gasteiger charge is 2.07. The van der Waals surface area contributed by atoms with Gasteiger partial charge < -0.3 is 0 Å². The number of fused-ring (bicyclic) bond motifs is 3. The average Bonchev–Trinajstić information content (AvgIpc) is 2.34. The van der Waals surface area contributed by atoms with Crippen LogP contribution in [0.15, 0.2) is 52.3 Å². The molecule has 0 amide bonds. The van der Waals surface area contributed by atoms with E-state index in [1.807, 2.05) is 6.07 Å². The molecule has 0 fully saturated rings. The summed E-state index contributed by atoms with van der Waals surface area (Å²) in [5, 5.41) is 4.96. The van der Waals surface area contributed by atoms with Gasteiger partial charge in [-0.1, -0.05) is 36.4 Å². The van der Waals surface area contributed by atoms with Crippen molar-refractivity contribution in [3.05, 3.63) is 48.0 Å². The summed E-state index contributed by atoms with van der Waals surface area (Å²) in [5.41, 5.74) is 1.30. The molecular formula is C15H12S2. The Kier molecular flexibility index (Phi) is 2.57. The van der Waals surface area contributed by atoms with Crippen molar-refractivity contribution in [2.24, 2.45) is 0 Å². The zero-order chi connectivity index (χ0) is 12.0. The minimum absolute atomic E-state index is 0.926. The third-order valence-corrected chi connectivity index (χ3v) is 4.20. The highest BCUT2D eigenvalue weighted by molar-refractivity contribution is 7.83. The van der Waals surface area contributed by atoms with Gasteiger partial charge in [-0.2, -0.15) is 0 Å². The fraction of sp³-hybridized carbons (Fsp3) is 0.0667. The zero-order valence-electron chi connectivity index (χ0n) is 9.44. The maximum Gasteiger partial charge on any atom is 0.0259 e. The molecule has 2 heteroatoms. The summed E-state index contributed by atoms with van der Waals surface area (Å²) in [5.74, 6) is 0. The number of hydrogen-bond donors (Lipinski definition) is 2. The van der Waals surface area contributed by atoms with Gasteiger partial charge in [-0.25, -0.2) is 0 Å². The van der Waals surface area contributed by atoms with E-state index in [0.717, 1.165) is 9.79 Å². The van der Waals surface area contributed by atoms with E-state index in [1.54, 1.807) is 0 Å². The molecule has 0 heterocycles. The Morgan fingerprint density at radius 1 is 0.882 bits per heavy atom. The summed E-state index contributed by atoms with van der Waals surface area (Å²) >= 11 is 9.05. The van der Waals surface area contributed by atoms with E-state index < -0.39 is 0 Å². The maximum atomic E-state index is 4.60. The van der Waals surface area contributed by atoms with Crippen molar-refractivity contribution in [3.8, 4) is 0 Å². The van der Waals surface area contributed by atoms with Crippen LogP contribution in [-0.2, 0) is 0 Å². The van der Waals surface area contributed by atoms with Crippen LogP contribution < -0.4 is 0 Å². The molecule has 0 saturated carbocycles. The Bertz CT molecular complexity index is 730. The molecule has 3 aromatic rings. The van der Waals surface area contributed by atoms with E-state index in [4.69, 9.17) is 0 Å². The third kappa shape index (κ3) is 1.63. The van der Waals surface area contributed by atoms with Crippen molar-refractivity contribution < 1.29 is 0 Å². The van der Waals surface area contributed by atoms with Crippen LogP contribution in [0.4, 0.5) is 0 Å². The Labute approximate surface area is 111 Å². The first-order valence-electron chi connectivity index (χ1n) is 5.51. The SMILES string of the molecule is Cc1cc2ccc(S)c(S)c2c2ccccc12. The molecule has 3 rings (SSSR count). The fourth-order valence-corrected chi connectivity index (χ4v) is 2.87. The highest BCUT2D eigenvalue weighted by atomic mass is 32.1. The summed E-state index contributed by atoms with van der Waals surface area (Å²) < 4.78 is 0. The lowest BCUT2D eigenvalue weighted by Crippen LogP contribution is -1.84.